The number of nitrogens with one attached hydrogen (secondary N) is 1. The molecule has 0 unspecified atom stereocenters. The Morgan fingerprint density at radius 1 is 1.41 bits per heavy atom. The van der Waals surface area contributed by atoms with Crippen LogP contribution in [0.4, 0.5) is 0 Å². The second-order valence-corrected chi connectivity index (χ2v) is 3.87. The van der Waals surface area contributed by atoms with Crippen molar-refractivity contribution in [1.82, 2.24) is 19.5 Å². The van der Waals surface area contributed by atoms with Gasteiger partial charge in [0, 0.05) is 18.0 Å². The highest BCUT2D eigenvalue weighted by molar-refractivity contribution is 6.29. The number of nitrogens with zero attached hydrogens (tertiary/aromatic N) is 3. The van der Waals surface area contributed by atoms with Crippen LogP contribution in [0.3, 0.4) is 0 Å². The maximum Gasteiger partial charge on any atom is 0.328 e. The van der Waals surface area contributed by atoms with Crippen LogP contribution in [-0.4, -0.2) is 19.5 Å². The normalized spacial score (nSPS) is 10.5. The van der Waals surface area contributed by atoms with Crippen molar-refractivity contribution in [1.29, 1.82) is 0 Å². The van der Waals surface area contributed by atoms with E-state index in [1.165, 1.54) is 16.8 Å². The number of aryl methyl sites for hydroxylation is 1. The molecule has 0 fully saturated rings. The molecule has 0 atom stereocenters. The molecule has 0 aromatic carbocycles. The van der Waals surface area contributed by atoms with E-state index in [0.29, 0.717) is 11.0 Å². The molecule has 2 aromatic heterocycles. The number of hydrogen-bond acceptors (Lipinski definition) is 4. The third kappa shape index (κ3) is 2.79. The molecule has 6 nitrogen and oxygen atoms in total. The van der Waals surface area contributed by atoms with Crippen LogP contribution >= 0.6 is 11.6 Å². The summed E-state index contributed by atoms with van der Waals surface area (Å²) < 4.78 is 1.30. The standard InChI is InChI=1S/C10H9ClN4O2/c1-6-4-7(11)13-8(12-6)5-15-3-2-9(16)14-10(15)17/h2-4H,5H2,1H3,(H,14,16,17). The summed E-state index contributed by atoms with van der Waals surface area (Å²) in [7, 11) is 0. The topological polar surface area (TPSA) is 80.6 Å². The minimum absolute atomic E-state index is 0.164. The van der Waals surface area contributed by atoms with E-state index in [1.807, 2.05) is 0 Å². The molecule has 2 heterocycles. The SMILES string of the molecule is Cc1cc(Cl)nc(Cn2ccc(=O)[nH]c2=O)n1. The minimum Gasteiger partial charge on any atom is -0.293 e. The summed E-state index contributed by atoms with van der Waals surface area (Å²) in [6, 6.07) is 2.89. The molecule has 0 saturated carbocycles. The average Bonchev–Trinajstić information content (AvgIpc) is 2.21. The second kappa shape index (κ2) is 4.50. The first-order valence-electron chi connectivity index (χ1n) is 4.84. The van der Waals surface area contributed by atoms with Crippen molar-refractivity contribution in [3.63, 3.8) is 0 Å². The molecule has 0 spiro atoms. The van der Waals surface area contributed by atoms with E-state index in [-0.39, 0.29) is 6.54 Å². The highest BCUT2D eigenvalue weighted by Crippen LogP contribution is 2.06. The molecule has 17 heavy (non-hydrogen) atoms. The van der Waals surface area contributed by atoms with Crippen molar-refractivity contribution in [2.24, 2.45) is 0 Å². The Labute approximate surface area is 101 Å². The minimum atomic E-state index is -0.501. The molecule has 0 aliphatic heterocycles. The van der Waals surface area contributed by atoms with Gasteiger partial charge in [-0.05, 0) is 13.0 Å². The van der Waals surface area contributed by atoms with E-state index in [9.17, 15) is 9.59 Å². The van der Waals surface area contributed by atoms with E-state index < -0.39 is 11.2 Å². The molecule has 0 amide bonds. The maximum absolute atomic E-state index is 11.4. The van der Waals surface area contributed by atoms with Crippen LogP contribution in [0.5, 0.6) is 0 Å². The Hall–Kier alpha value is -1.95. The summed E-state index contributed by atoms with van der Waals surface area (Å²) in [6.07, 6.45) is 1.39. The highest BCUT2D eigenvalue weighted by Gasteiger charge is 2.03. The Morgan fingerprint density at radius 3 is 2.82 bits per heavy atom. The number of aromatic nitrogens is 4. The predicted molar refractivity (Wildman–Crippen MR) is 62.2 cm³/mol. The monoisotopic (exact) mass is 252 g/mol. The van der Waals surface area contributed by atoms with Crippen LogP contribution < -0.4 is 11.2 Å². The molecular weight excluding hydrogens is 244 g/mol. The molecule has 0 saturated heterocycles. The fourth-order valence-electron chi connectivity index (χ4n) is 1.38. The summed E-state index contributed by atoms with van der Waals surface area (Å²) in [6.45, 7) is 1.95. The van der Waals surface area contributed by atoms with Crippen LogP contribution in [0.2, 0.25) is 5.15 Å². The molecule has 0 aliphatic rings. The van der Waals surface area contributed by atoms with Gasteiger partial charge in [0.15, 0.2) is 0 Å². The predicted octanol–water partition coefficient (Wildman–Crippen LogP) is 0.337. The second-order valence-electron chi connectivity index (χ2n) is 3.49. The van der Waals surface area contributed by atoms with Crippen molar-refractivity contribution >= 4 is 11.6 Å². The number of halogens is 1. The van der Waals surface area contributed by atoms with E-state index >= 15 is 0 Å². The van der Waals surface area contributed by atoms with E-state index in [1.54, 1.807) is 13.0 Å². The molecular formula is C10H9ClN4O2. The molecule has 1 N–H and O–H groups in total. The van der Waals surface area contributed by atoms with Crippen molar-refractivity contribution in [3.8, 4) is 0 Å². The lowest BCUT2D eigenvalue weighted by Crippen LogP contribution is -2.29. The highest BCUT2D eigenvalue weighted by atomic mass is 35.5. The number of hydrogen-bond donors (Lipinski definition) is 1. The van der Waals surface area contributed by atoms with Gasteiger partial charge in [0.25, 0.3) is 5.56 Å². The van der Waals surface area contributed by atoms with Crippen LogP contribution in [0, 0.1) is 6.92 Å². The van der Waals surface area contributed by atoms with Gasteiger partial charge in [-0.15, -0.1) is 0 Å². The van der Waals surface area contributed by atoms with Gasteiger partial charge in [0.05, 0.1) is 6.54 Å². The Morgan fingerprint density at radius 2 is 2.18 bits per heavy atom. The van der Waals surface area contributed by atoms with Gasteiger partial charge < -0.3 is 0 Å². The lowest BCUT2D eigenvalue weighted by Gasteiger charge is -2.04. The zero-order valence-electron chi connectivity index (χ0n) is 8.98. The fraction of sp³-hybridized carbons (Fsp3) is 0.200. The Balaban J connectivity index is 2.38. The molecule has 7 heteroatoms. The third-order valence-corrected chi connectivity index (χ3v) is 2.27. The maximum atomic E-state index is 11.4. The van der Waals surface area contributed by atoms with Crippen LogP contribution in [0.1, 0.15) is 11.5 Å². The summed E-state index contributed by atoms with van der Waals surface area (Å²) in [5, 5.41) is 0.324. The van der Waals surface area contributed by atoms with Crippen LogP contribution in [-0.2, 0) is 6.54 Å². The summed E-state index contributed by atoms with van der Waals surface area (Å²) in [4.78, 5) is 32.6. The Kier molecular flexibility index (Phi) is 3.06. The van der Waals surface area contributed by atoms with Gasteiger partial charge in [-0.3, -0.25) is 14.3 Å². The fourth-order valence-corrected chi connectivity index (χ4v) is 1.64. The number of H-pyrrole nitrogens is 1. The van der Waals surface area contributed by atoms with Crippen LogP contribution in [0.25, 0.3) is 0 Å². The zero-order chi connectivity index (χ0) is 12.4. The molecule has 0 bridgehead atoms. The first kappa shape index (κ1) is 11.5. The van der Waals surface area contributed by atoms with Gasteiger partial charge in [-0.2, -0.15) is 0 Å². The van der Waals surface area contributed by atoms with Crippen molar-refractivity contribution in [3.05, 3.63) is 55.8 Å². The third-order valence-electron chi connectivity index (χ3n) is 2.08. The van der Waals surface area contributed by atoms with Gasteiger partial charge in [-0.1, -0.05) is 11.6 Å². The average molecular weight is 253 g/mol. The van der Waals surface area contributed by atoms with Gasteiger partial charge >= 0.3 is 5.69 Å². The van der Waals surface area contributed by atoms with Gasteiger partial charge in [0.2, 0.25) is 0 Å². The first-order chi connectivity index (χ1) is 8.04. The number of rotatable bonds is 2. The van der Waals surface area contributed by atoms with Crippen LogP contribution in [0.15, 0.2) is 27.9 Å². The van der Waals surface area contributed by atoms with E-state index in [0.717, 1.165) is 5.69 Å². The van der Waals surface area contributed by atoms with E-state index in [4.69, 9.17) is 11.6 Å². The summed E-state index contributed by atoms with van der Waals surface area (Å²) >= 11 is 5.79. The molecule has 2 aromatic rings. The number of aromatic amines is 1. The molecule has 2 rings (SSSR count). The summed E-state index contributed by atoms with van der Waals surface area (Å²) in [5.74, 6) is 0.421. The largest absolute Gasteiger partial charge is 0.328 e. The van der Waals surface area contributed by atoms with Crippen molar-refractivity contribution in [2.75, 3.05) is 0 Å². The zero-order valence-corrected chi connectivity index (χ0v) is 9.73. The lowest BCUT2D eigenvalue weighted by molar-refractivity contribution is 0.683. The smallest absolute Gasteiger partial charge is 0.293 e. The molecule has 0 radical (unpaired) electrons. The molecule has 0 aliphatic carbocycles. The first-order valence-corrected chi connectivity index (χ1v) is 5.22. The lowest BCUT2D eigenvalue weighted by atomic mass is 10.4. The van der Waals surface area contributed by atoms with Gasteiger partial charge in [0.1, 0.15) is 11.0 Å². The quantitative estimate of drug-likeness (QED) is 0.782. The summed E-state index contributed by atoms with van der Waals surface area (Å²) in [5.41, 5.74) is -0.217. The molecule has 88 valence electrons. The van der Waals surface area contributed by atoms with Crippen molar-refractivity contribution < 1.29 is 0 Å². The van der Waals surface area contributed by atoms with Crippen molar-refractivity contribution in [2.45, 2.75) is 13.5 Å². The van der Waals surface area contributed by atoms with Gasteiger partial charge in [-0.25, -0.2) is 14.8 Å². The van der Waals surface area contributed by atoms with E-state index in [2.05, 4.69) is 15.0 Å². The Bertz CT molecular complexity index is 642.